The fourth-order valence-corrected chi connectivity index (χ4v) is 3.22. The van der Waals surface area contributed by atoms with Gasteiger partial charge in [0.25, 0.3) is 0 Å². The van der Waals surface area contributed by atoms with Crippen LogP contribution in [0.1, 0.15) is 17.2 Å². The van der Waals surface area contributed by atoms with E-state index in [-0.39, 0.29) is 19.6 Å². The van der Waals surface area contributed by atoms with Gasteiger partial charge in [0.05, 0.1) is 18.2 Å². The van der Waals surface area contributed by atoms with Gasteiger partial charge in [0.1, 0.15) is 18.0 Å². The normalized spacial score (nSPS) is 16.9. The Balaban J connectivity index is 1.54. The third kappa shape index (κ3) is 6.69. The molecule has 3 rings (SSSR count). The van der Waals surface area contributed by atoms with E-state index in [1.165, 1.54) is 23.4 Å². The lowest BCUT2D eigenvalue weighted by Crippen LogP contribution is -2.49. The zero-order chi connectivity index (χ0) is 22.6. The van der Waals surface area contributed by atoms with E-state index < -0.39 is 30.6 Å². The van der Waals surface area contributed by atoms with E-state index in [0.717, 1.165) is 12.1 Å². The molecule has 1 unspecified atom stereocenters. The van der Waals surface area contributed by atoms with Crippen LogP contribution < -0.4 is 10.2 Å². The fourth-order valence-electron chi connectivity index (χ4n) is 3.22. The van der Waals surface area contributed by atoms with E-state index in [1.54, 1.807) is 6.07 Å². The zero-order valence-corrected chi connectivity index (χ0v) is 16.3. The van der Waals surface area contributed by atoms with Gasteiger partial charge >= 0.3 is 12.4 Å². The average Bonchev–Trinajstić information content (AvgIpc) is 2.71. The first kappa shape index (κ1) is 23.1. The van der Waals surface area contributed by atoms with Crippen molar-refractivity contribution in [3.63, 3.8) is 0 Å². The average molecular weight is 449 g/mol. The fraction of sp³-hybridized carbons (Fsp3) is 0.474. The monoisotopic (exact) mass is 449 g/mol. The van der Waals surface area contributed by atoms with Gasteiger partial charge in [-0.05, 0) is 17.7 Å². The van der Waals surface area contributed by atoms with Crippen LogP contribution in [0.25, 0.3) is 0 Å². The van der Waals surface area contributed by atoms with Crippen molar-refractivity contribution < 1.29 is 31.4 Å². The number of anilines is 2. The Morgan fingerprint density at radius 3 is 2.19 bits per heavy atom. The lowest BCUT2D eigenvalue weighted by molar-refractivity contribution is -0.146. The van der Waals surface area contributed by atoms with E-state index in [4.69, 9.17) is 0 Å². The molecule has 1 aromatic carbocycles. The molecule has 1 fully saturated rings. The van der Waals surface area contributed by atoms with Crippen molar-refractivity contribution in [3.05, 3.63) is 47.8 Å². The lowest BCUT2D eigenvalue weighted by Gasteiger charge is -2.35. The van der Waals surface area contributed by atoms with Gasteiger partial charge in [-0.3, -0.25) is 4.90 Å². The number of aliphatic hydroxyl groups is 1. The first-order valence-corrected chi connectivity index (χ1v) is 9.46. The number of piperazine rings is 1. The highest BCUT2D eigenvalue weighted by Gasteiger charge is 2.32. The van der Waals surface area contributed by atoms with Crippen LogP contribution in [0.3, 0.4) is 0 Å². The summed E-state index contributed by atoms with van der Waals surface area (Å²) in [6, 6.07) is 5.83. The van der Waals surface area contributed by atoms with Gasteiger partial charge in [-0.25, -0.2) is 9.97 Å². The highest BCUT2D eigenvalue weighted by Crippen LogP contribution is 2.30. The summed E-state index contributed by atoms with van der Waals surface area (Å²) in [6.07, 6.45) is -8.45. The van der Waals surface area contributed by atoms with Crippen LogP contribution in [0.15, 0.2) is 36.7 Å². The number of alkyl halides is 6. The Hall–Kier alpha value is -2.60. The summed E-state index contributed by atoms with van der Waals surface area (Å²) in [5.41, 5.74) is -0.484. The van der Waals surface area contributed by atoms with Gasteiger partial charge < -0.3 is 15.3 Å². The molecule has 0 radical (unpaired) electrons. The molecule has 2 heterocycles. The van der Waals surface area contributed by atoms with Gasteiger partial charge in [0, 0.05) is 38.8 Å². The van der Waals surface area contributed by atoms with E-state index in [2.05, 4.69) is 15.3 Å². The number of halogens is 6. The van der Waals surface area contributed by atoms with Gasteiger partial charge in [0.2, 0.25) is 0 Å². The maximum atomic E-state index is 12.6. The minimum absolute atomic E-state index is 0.00117. The molecule has 1 atom stereocenters. The van der Waals surface area contributed by atoms with Crippen LogP contribution >= 0.6 is 0 Å². The third-order valence-electron chi connectivity index (χ3n) is 4.85. The number of nitrogens with zero attached hydrogens (tertiary/aromatic N) is 4. The minimum atomic E-state index is -4.45. The number of hydrogen-bond acceptors (Lipinski definition) is 6. The molecule has 1 aliphatic heterocycles. The molecule has 2 aromatic rings. The lowest BCUT2D eigenvalue weighted by atomic mass is 10.1. The number of aromatic nitrogens is 2. The first-order chi connectivity index (χ1) is 14.5. The summed E-state index contributed by atoms with van der Waals surface area (Å²) < 4.78 is 75.4. The van der Waals surface area contributed by atoms with Gasteiger partial charge in [0.15, 0.2) is 0 Å². The van der Waals surface area contributed by atoms with Crippen LogP contribution in [-0.2, 0) is 6.18 Å². The molecule has 170 valence electrons. The van der Waals surface area contributed by atoms with Crippen molar-refractivity contribution in [2.24, 2.45) is 0 Å². The number of rotatable bonds is 6. The summed E-state index contributed by atoms with van der Waals surface area (Å²) in [5, 5.41) is 13.1. The smallest absolute Gasteiger partial charge is 0.387 e. The Bertz CT molecular complexity index is 850. The van der Waals surface area contributed by atoms with E-state index in [1.807, 2.05) is 4.90 Å². The summed E-state index contributed by atoms with van der Waals surface area (Å²) in [5.74, 6) is 0.918. The molecule has 1 saturated heterocycles. The van der Waals surface area contributed by atoms with Crippen LogP contribution in [0.4, 0.5) is 38.0 Å². The molecular formula is C19H21F6N5O. The Labute approximate surface area is 174 Å². The Morgan fingerprint density at radius 1 is 0.968 bits per heavy atom. The standard InChI is InChI=1S/C19H21F6N5O/c20-18(21,22)11-29-5-7-30(8-6-29)17-9-16(27-12-28-17)26-10-15(31)13-1-3-14(4-2-13)19(23,24)25/h1-4,9,12,15,31H,5-8,10-11H2,(H,26,27,28). The highest BCUT2D eigenvalue weighted by molar-refractivity contribution is 5.49. The molecule has 6 nitrogen and oxygen atoms in total. The van der Waals surface area contributed by atoms with Gasteiger partial charge in [-0.2, -0.15) is 26.3 Å². The van der Waals surface area contributed by atoms with Crippen molar-refractivity contribution in [1.82, 2.24) is 14.9 Å². The number of nitrogens with one attached hydrogen (secondary N) is 1. The van der Waals surface area contributed by atoms with Gasteiger partial charge in [-0.15, -0.1) is 0 Å². The van der Waals surface area contributed by atoms with E-state index in [0.29, 0.717) is 30.3 Å². The quantitative estimate of drug-likeness (QED) is 0.660. The summed E-state index contributed by atoms with van der Waals surface area (Å²) in [7, 11) is 0. The van der Waals surface area contributed by atoms with Crippen molar-refractivity contribution in [2.75, 3.05) is 49.5 Å². The number of hydrogen-bond donors (Lipinski definition) is 2. The highest BCUT2D eigenvalue weighted by atomic mass is 19.4. The molecule has 2 N–H and O–H groups in total. The molecule has 0 amide bonds. The second kappa shape index (κ2) is 9.27. The second-order valence-electron chi connectivity index (χ2n) is 7.16. The number of benzene rings is 1. The minimum Gasteiger partial charge on any atom is -0.387 e. The van der Waals surface area contributed by atoms with Crippen LogP contribution in [0, 0.1) is 0 Å². The number of aliphatic hydroxyl groups excluding tert-OH is 1. The van der Waals surface area contributed by atoms with Crippen LogP contribution in [0.2, 0.25) is 0 Å². The third-order valence-corrected chi connectivity index (χ3v) is 4.85. The summed E-state index contributed by atoms with van der Waals surface area (Å²) in [4.78, 5) is 11.4. The second-order valence-corrected chi connectivity index (χ2v) is 7.16. The topological polar surface area (TPSA) is 64.5 Å². The maximum Gasteiger partial charge on any atom is 0.416 e. The largest absolute Gasteiger partial charge is 0.416 e. The van der Waals surface area contributed by atoms with E-state index in [9.17, 15) is 31.4 Å². The molecule has 0 saturated carbocycles. The molecule has 1 aliphatic rings. The van der Waals surface area contributed by atoms with Crippen LogP contribution in [0.5, 0.6) is 0 Å². The first-order valence-electron chi connectivity index (χ1n) is 9.46. The molecule has 0 bridgehead atoms. The maximum absolute atomic E-state index is 12.6. The van der Waals surface area contributed by atoms with Crippen LogP contribution in [-0.4, -0.2) is 65.4 Å². The summed E-state index contributed by atoms with van der Waals surface area (Å²) in [6.45, 7) is 0.305. The zero-order valence-electron chi connectivity index (χ0n) is 16.3. The molecule has 0 spiro atoms. The predicted molar refractivity (Wildman–Crippen MR) is 102 cm³/mol. The van der Waals surface area contributed by atoms with Crippen molar-refractivity contribution in [2.45, 2.75) is 18.5 Å². The molecule has 31 heavy (non-hydrogen) atoms. The predicted octanol–water partition coefficient (Wildman–Crippen LogP) is 3.33. The van der Waals surface area contributed by atoms with Crippen molar-refractivity contribution in [3.8, 4) is 0 Å². The Morgan fingerprint density at radius 2 is 1.61 bits per heavy atom. The van der Waals surface area contributed by atoms with Crippen molar-refractivity contribution in [1.29, 1.82) is 0 Å². The molecular weight excluding hydrogens is 428 g/mol. The molecule has 0 aliphatic carbocycles. The van der Waals surface area contributed by atoms with Crippen molar-refractivity contribution >= 4 is 11.6 Å². The van der Waals surface area contributed by atoms with E-state index >= 15 is 0 Å². The molecule has 1 aromatic heterocycles. The molecule has 12 heteroatoms. The Kier molecular flexibility index (Phi) is 6.90. The van der Waals surface area contributed by atoms with Gasteiger partial charge in [-0.1, -0.05) is 12.1 Å². The summed E-state index contributed by atoms with van der Waals surface area (Å²) >= 11 is 0. The SMILES string of the molecule is OC(CNc1cc(N2CCN(CC(F)(F)F)CC2)ncn1)c1ccc(C(F)(F)F)cc1.